The van der Waals surface area contributed by atoms with Gasteiger partial charge in [-0.1, -0.05) is 17.7 Å². The molecule has 0 aromatic heterocycles. The van der Waals surface area contributed by atoms with Crippen LogP contribution in [-0.2, 0) is 0 Å². The lowest BCUT2D eigenvalue weighted by atomic mass is 9.98. The molecule has 1 aromatic rings. The Hall–Kier alpha value is -0.560. The Balaban J connectivity index is 2.29. The maximum Gasteiger partial charge on any atom is 0.124 e. The molecule has 1 aliphatic carbocycles. The maximum absolute atomic E-state index is 12.7. The van der Waals surface area contributed by atoms with Crippen molar-refractivity contribution in [2.24, 2.45) is 0 Å². The van der Waals surface area contributed by atoms with Gasteiger partial charge in [0.2, 0.25) is 0 Å². The van der Waals surface area contributed by atoms with Gasteiger partial charge in [0.1, 0.15) is 5.82 Å². The second-order valence-electron chi connectivity index (χ2n) is 3.46. The first-order valence-electron chi connectivity index (χ1n) is 4.54. The monoisotopic (exact) mass is 197 g/mol. The van der Waals surface area contributed by atoms with Gasteiger partial charge in [-0.15, -0.1) is 0 Å². The molecule has 1 atom stereocenters. The molecular formula is C11H11ClF. The predicted octanol–water partition coefficient (Wildman–Crippen LogP) is 3.95. The van der Waals surface area contributed by atoms with Crippen LogP contribution in [0.15, 0.2) is 18.2 Å². The molecule has 0 saturated heterocycles. The summed E-state index contributed by atoms with van der Waals surface area (Å²) in [6, 6.07) is 4.69. The van der Waals surface area contributed by atoms with Gasteiger partial charge in [-0.3, -0.25) is 0 Å². The van der Waals surface area contributed by atoms with E-state index >= 15 is 0 Å². The van der Waals surface area contributed by atoms with Crippen LogP contribution in [0.1, 0.15) is 30.7 Å². The summed E-state index contributed by atoms with van der Waals surface area (Å²) >= 11 is 5.96. The van der Waals surface area contributed by atoms with Gasteiger partial charge in [-0.25, -0.2) is 4.39 Å². The van der Waals surface area contributed by atoms with Crippen LogP contribution in [0.2, 0.25) is 5.02 Å². The van der Waals surface area contributed by atoms with Gasteiger partial charge in [0, 0.05) is 5.02 Å². The van der Waals surface area contributed by atoms with Crippen molar-refractivity contribution in [1.29, 1.82) is 0 Å². The highest BCUT2D eigenvalue weighted by Crippen LogP contribution is 2.37. The maximum atomic E-state index is 12.7. The van der Waals surface area contributed by atoms with Gasteiger partial charge >= 0.3 is 0 Å². The van der Waals surface area contributed by atoms with Crippen molar-refractivity contribution >= 4 is 11.6 Å². The summed E-state index contributed by atoms with van der Waals surface area (Å²) in [5.74, 6) is 0.254. The summed E-state index contributed by atoms with van der Waals surface area (Å²) < 4.78 is 12.7. The quantitative estimate of drug-likeness (QED) is 0.640. The van der Waals surface area contributed by atoms with Crippen LogP contribution in [0.4, 0.5) is 4.39 Å². The van der Waals surface area contributed by atoms with Gasteiger partial charge in [0.25, 0.3) is 0 Å². The lowest BCUT2D eigenvalue weighted by molar-refractivity contribution is 0.625. The van der Waals surface area contributed by atoms with E-state index in [-0.39, 0.29) is 5.82 Å². The molecule has 13 heavy (non-hydrogen) atoms. The molecular weight excluding hydrogens is 187 g/mol. The van der Waals surface area contributed by atoms with E-state index in [0.717, 1.165) is 24.8 Å². The lowest BCUT2D eigenvalue weighted by Gasteiger charge is -2.10. The zero-order valence-electron chi connectivity index (χ0n) is 7.26. The molecule has 1 saturated carbocycles. The highest BCUT2D eigenvalue weighted by molar-refractivity contribution is 6.31. The second kappa shape index (κ2) is 3.67. The summed E-state index contributed by atoms with van der Waals surface area (Å²) in [5, 5.41) is 0.570. The first kappa shape index (κ1) is 9.01. The number of benzene rings is 1. The molecule has 1 radical (unpaired) electrons. The van der Waals surface area contributed by atoms with Crippen LogP contribution in [0.5, 0.6) is 0 Å². The summed E-state index contributed by atoms with van der Waals surface area (Å²) in [6.45, 7) is 0. The first-order chi connectivity index (χ1) is 6.27. The zero-order valence-corrected chi connectivity index (χ0v) is 8.02. The fraction of sp³-hybridized carbons (Fsp3) is 0.364. The Bertz CT molecular complexity index is 303. The average Bonchev–Trinajstić information content (AvgIpc) is 2.56. The highest BCUT2D eigenvalue weighted by atomic mass is 35.5. The molecule has 2 rings (SSSR count). The van der Waals surface area contributed by atoms with Crippen molar-refractivity contribution < 1.29 is 4.39 Å². The first-order valence-corrected chi connectivity index (χ1v) is 4.92. The smallest absolute Gasteiger partial charge is 0.124 e. The van der Waals surface area contributed by atoms with E-state index in [1.54, 1.807) is 0 Å². The van der Waals surface area contributed by atoms with Gasteiger partial charge in [-0.05, 0) is 49.3 Å². The van der Waals surface area contributed by atoms with Crippen molar-refractivity contribution in [3.05, 3.63) is 41.0 Å². The van der Waals surface area contributed by atoms with Gasteiger partial charge < -0.3 is 0 Å². The van der Waals surface area contributed by atoms with E-state index in [1.165, 1.54) is 12.1 Å². The predicted molar refractivity (Wildman–Crippen MR) is 52.3 cm³/mol. The van der Waals surface area contributed by atoms with E-state index in [1.807, 2.05) is 6.07 Å². The summed E-state index contributed by atoms with van der Waals surface area (Å²) in [7, 11) is 0. The Morgan fingerprint density at radius 3 is 2.85 bits per heavy atom. The Labute approximate surface area is 82.7 Å². The molecule has 0 amide bonds. The molecule has 0 N–H and O–H groups in total. The molecule has 1 aliphatic rings. The number of hydrogen-bond donors (Lipinski definition) is 0. The van der Waals surface area contributed by atoms with E-state index in [4.69, 9.17) is 11.6 Å². The highest BCUT2D eigenvalue weighted by Gasteiger charge is 2.19. The van der Waals surface area contributed by atoms with Crippen molar-refractivity contribution in [1.82, 2.24) is 0 Å². The largest absolute Gasteiger partial charge is 0.207 e. The standard InChI is InChI=1S/C11H11ClF/c12-11-7-9(13)5-6-10(11)8-3-1-2-4-8/h1,5-8H,2-4H2. The van der Waals surface area contributed by atoms with Crippen LogP contribution in [-0.4, -0.2) is 0 Å². The van der Waals surface area contributed by atoms with Crippen molar-refractivity contribution in [3.63, 3.8) is 0 Å². The molecule has 0 bridgehead atoms. The van der Waals surface area contributed by atoms with Crippen LogP contribution in [0, 0.1) is 12.2 Å². The third kappa shape index (κ3) is 1.86. The molecule has 0 heterocycles. The topological polar surface area (TPSA) is 0 Å². The second-order valence-corrected chi connectivity index (χ2v) is 3.87. The molecule has 2 heteroatoms. The van der Waals surface area contributed by atoms with Crippen molar-refractivity contribution in [3.8, 4) is 0 Å². The lowest BCUT2D eigenvalue weighted by Crippen LogP contribution is -1.93. The van der Waals surface area contributed by atoms with E-state index in [0.29, 0.717) is 10.9 Å². The number of rotatable bonds is 1. The van der Waals surface area contributed by atoms with Gasteiger partial charge in [-0.2, -0.15) is 0 Å². The fourth-order valence-corrected chi connectivity index (χ4v) is 2.19. The third-order valence-corrected chi connectivity index (χ3v) is 2.90. The SMILES string of the molecule is Fc1ccc(C2C[CH]CC2)c(Cl)c1. The van der Waals surface area contributed by atoms with Crippen LogP contribution < -0.4 is 0 Å². The minimum Gasteiger partial charge on any atom is -0.207 e. The van der Waals surface area contributed by atoms with Crippen LogP contribution in [0.3, 0.4) is 0 Å². The van der Waals surface area contributed by atoms with Crippen LogP contribution in [0.25, 0.3) is 0 Å². The molecule has 0 spiro atoms. The number of halogens is 2. The molecule has 1 fully saturated rings. The van der Waals surface area contributed by atoms with Crippen molar-refractivity contribution in [2.45, 2.75) is 25.2 Å². The third-order valence-electron chi connectivity index (χ3n) is 2.57. The molecule has 1 unspecified atom stereocenters. The Morgan fingerprint density at radius 1 is 1.38 bits per heavy atom. The van der Waals surface area contributed by atoms with Gasteiger partial charge in [0.05, 0.1) is 0 Å². The van der Waals surface area contributed by atoms with E-state index < -0.39 is 0 Å². The van der Waals surface area contributed by atoms with Crippen LogP contribution >= 0.6 is 11.6 Å². The van der Waals surface area contributed by atoms with Crippen molar-refractivity contribution in [2.75, 3.05) is 0 Å². The Kier molecular flexibility index (Phi) is 2.54. The average molecular weight is 198 g/mol. The minimum absolute atomic E-state index is 0.254. The van der Waals surface area contributed by atoms with E-state index in [2.05, 4.69) is 6.42 Å². The minimum atomic E-state index is -0.254. The summed E-state index contributed by atoms with van der Waals surface area (Å²) in [6.07, 6.45) is 5.64. The molecule has 0 aliphatic heterocycles. The fourth-order valence-electron chi connectivity index (χ4n) is 1.87. The molecule has 1 aromatic carbocycles. The van der Waals surface area contributed by atoms with E-state index in [9.17, 15) is 4.39 Å². The Morgan fingerprint density at radius 2 is 2.23 bits per heavy atom. The molecule has 69 valence electrons. The van der Waals surface area contributed by atoms with Gasteiger partial charge in [0.15, 0.2) is 0 Å². The zero-order chi connectivity index (χ0) is 9.26. The number of hydrogen-bond acceptors (Lipinski definition) is 0. The normalized spacial score (nSPS) is 18.0. The summed E-state index contributed by atoms with van der Waals surface area (Å²) in [5.41, 5.74) is 1.09. The summed E-state index contributed by atoms with van der Waals surface area (Å²) in [4.78, 5) is 0. The molecule has 0 nitrogen and oxygen atoms in total.